The Kier molecular flexibility index (Phi) is 6.04. The molecule has 0 aliphatic carbocycles. The van der Waals surface area contributed by atoms with Crippen molar-refractivity contribution in [2.75, 3.05) is 31.6 Å². The quantitative estimate of drug-likeness (QED) is 0.864. The molecule has 0 unspecified atom stereocenters. The van der Waals surface area contributed by atoms with Crippen LogP contribution in [0.2, 0.25) is 0 Å². The van der Waals surface area contributed by atoms with E-state index >= 15 is 0 Å². The molecular weight excluding hydrogens is 328 g/mol. The molecule has 0 atom stereocenters. The fourth-order valence-electron chi connectivity index (χ4n) is 3.06. The first kappa shape index (κ1) is 18.2. The smallest absolute Gasteiger partial charge is 0.254 e. The van der Waals surface area contributed by atoms with Gasteiger partial charge in [-0.25, -0.2) is 9.97 Å². The predicted octanol–water partition coefficient (Wildman–Crippen LogP) is 2.69. The first-order chi connectivity index (χ1) is 12.7. The largest absolute Gasteiger partial charge is 0.497 e. The molecule has 6 heteroatoms. The van der Waals surface area contributed by atoms with Crippen molar-refractivity contribution in [2.45, 2.75) is 26.2 Å². The highest BCUT2D eigenvalue weighted by Crippen LogP contribution is 2.19. The number of benzene rings is 1. The zero-order chi connectivity index (χ0) is 18.4. The maximum absolute atomic E-state index is 12.3. The van der Waals surface area contributed by atoms with E-state index in [1.807, 2.05) is 24.3 Å². The maximum atomic E-state index is 12.3. The van der Waals surface area contributed by atoms with Crippen molar-refractivity contribution in [3.63, 3.8) is 0 Å². The van der Waals surface area contributed by atoms with Crippen LogP contribution >= 0.6 is 0 Å². The number of carbonyl (C=O) groups excluding carboxylic acids is 1. The molecule has 0 bridgehead atoms. The fraction of sp³-hybridized carbons (Fsp3) is 0.450. The summed E-state index contributed by atoms with van der Waals surface area (Å²) in [5, 5.41) is 2.92. The summed E-state index contributed by atoms with van der Waals surface area (Å²) < 4.78 is 5.21. The summed E-state index contributed by atoms with van der Waals surface area (Å²) in [6.07, 6.45) is 6.29. The Bertz CT molecular complexity index is 725. The normalized spacial score (nSPS) is 14.9. The molecule has 0 radical (unpaired) electrons. The number of carbonyl (C=O) groups is 1. The van der Waals surface area contributed by atoms with Crippen LogP contribution in [0.1, 0.15) is 35.7 Å². The second-order valence-corrected chi connectivity index (χ2v) is 6.80. The van der Waals surface area contributed by atoms with E-state index in [9.17, 15) is 4.79 Å². The Hall–Kier alpha value is -2.63. The molecule has 6 nitrogen and oxygen atoms in total. The highest BCUT2D eigenvalue weighted by molar-refractivity contribution is 5.93. The topological polar surface area (TPSA) is 67.3 Å². The summed E-state index contributed by atoms with van der Waals surface area (Å²) in [6, 6.07) is 7.85. The lowest BCUT2D eigenvalue weighted by Crippen LogP contribution is -2.34. The van der Waals surface area contributed by atoms with E-state index in [0.29, 0.717) is 18.1 Å². The van der Waals surface area contributed by atoms with E-state index in [-0.39, 0.29) is 5.91 Å². The number of amides is 1. The molecule has 0 spiro atoms. The van der Waals surface area contributed by atoms with E-state index in [1.54, 1.807) is 19.5 Å². The molecule has 1 N–H and O–H groups in total. The molecule has 1 aliphatic rings. The van der Waals surface area contributed by atoms with Crippen LogP contribution in [0.3, 0.4) is 0 Å². The second-order valence-electron chi connectivity index (χ2n) is 6.80. The van der Waals surface area contributed by atoms with E-state index in [4.69, 9.17) is 4.74 Å². The monoisotopic (exact) mass is 354 g/mol. The van der Waals surface area contributed by atoms with Gasteiger partial charge in [-0.05, 0) is 42.9 Å². The van der Waals surface area contributed by atoms with Gasteiger partial charge in [0, 0.05) is 32.0 Å². The number of nitrogens with zero attached hydrogens (tertiary/aromatic N) is 3. The van der Waals surface area contributed by atoms with E-state index in [1.165, 1.54) is 0 Å². The third-order valence-corrected chi connectivity index (χ3v) is 4.80. The predicted molar refractivity (Wildman–Crippen MR) is 102 cm³/mol. The standard InChI is InChI=1S/C20H26N4O2/c1-15-7-10-24(11-8-15)20-22-13-17(14-23-20)19(25)21-9-6-16-4-3-5-18(12-16)26-2/h3-5,12-15H,6-11H2,1-2H3,(H,21,25). The zero-order valence-electron chi connectivity index (χ0n) is 15.4. The van der Waals surface area contributed by atoms with Crippen LogP contribution in [0.4, 0.5) is 5.95 Å². The van der Waals surface area contributed by atoms with Gasteiger partial charge in [-0.2, -0.15) is 0 Å². The lowest BCUT2D eigenvalue weighted by atomic mass is 10.00. The molecule has 1 aromatic carbocycles. The van der Waals surface area contributed by atoms with Gasteiger partial charge in [-0.3, -0.25) is 4.79 Å². The van der Waals surface area contributed by atoms with Gasteiger partial charge in [0.25, 0.3) is 5.91 Å². The van der Waals surface area contributed by atoms with Gasteiger partial charge in [-0.15, -0.1) is 0 Å². The lowest BCUT2D eigenvalue weighted by molar-refractivity contribution is 0.0953. The summed E-state index contributed by atoms with van der Waals surface area (Å²) in [5.74, 6) is 2.15. The number of rotatable bonds is 6. The Morgan fingerprint density at radius 2 is 2.00 bits per heavy atom. The fourth-order valence-corrected chi connectivity index (χ4v) is 3.06. The highest BCUT2D eigenvalue weighted by atomic mass is 16.5. The number of methoxy groups -OCH3 is 1. The number of hydrogen-bond acceptors (Lipinski definition) is 5. The summed E-state index contributed by atoms with van der Waals surface area (Å²) >= 11 is 0. The number of hydrogen-bond donors (Lipinski definition) is 1. The third-order valence-electron chi connectivity index (χ3n) is 4.80. The van der Waals surface area contributed by atoms with E-state index < -0.39 is 0 Å². The lowest BCUT2D eigenvalue weighted by Gasteiger charge is -2.30. The van der Waals surface area contributed by atoms with Crippen molar-refractivity contribution in [3.05, 3.63) is 47.8 Å². The summed E-state index contributed by atoms with van der Waals surface area (Å²) in [5.41, 5.74) is 1.61. The van der Waals surface area contributed by atoms with E-state index in [0.717, 1.165) is 49.6 Å². The SMILES string of the molecule is COc1cccc(CCNC(=O)c2cnc(N3CCC(C)CC3)nc2)c1. The molecule has 2 aromatic rings. The van der Waals surface area contributed by atoms with Crippen molar-refractivity contribution in [1.82, 2.24) is 15.3 Å². The van der Waals surface area contributed by atoms with Crippen LogP contribution < -0.4 is 15.0 Å². The number of piperidine rings is 1. The van der Waals surface area contributed by atoms with Crippen molar-refractivity contribution in [3.8, 4) is 5.75 Å². The minimum absolute atomic E-state index is 0.147. The first-order valence-electron chi connectivity index (χ1n) is 9.14. The Morgan fingerprint density at radius 3 is 2.69 bits per heavy atom. The van der Waals surface area contributed by atoms with Gasteiger partial charge >= 0.3 is 0 Å². The molecule has 0 saturated carbocycles. The van der Waals surface area contributed by atoms with Crippen LogP contribution in [0.25, 0.3) is 0 Å². The van der Waals surface area contributed by atoms with Crippen molar-refractivity contribution in [1.29, 1.82) is 0 Å². The van der Waals surface area contributed by atoms with Gasteiger partial charge in [-0.1, -0.05) is 19.1 Å². The Morgan fingerprint density at radius 1 is 1.27 bits per heavy atom. The molecule has 1 fully saturated rings. The summed E-state index contributed by atoms with van der Waals surface area (Å²) in [7, 11) is 1.65. The average molecular weight is 354 g/mol. The van der Waals surface area contributed by atoms with Crippen molar-refractivity contribution < 1.29 is 9.53 Å². The van der Waals surface area contributed by atoms with Gasteiger partial charge in [0.05, 0.1) is 12.7 Å². The molecule has 2 heterocycles. The Balaban J connectivity index is 1.50. The van der Waals surface area contributed by atoms with Crippen LogP contribution in [0, 0.1) is 5.92 Å². The molecular formula is C20H26N4O2. The molecule has 1 amide bonds. The van der Waals surface area contributed by atoms with Crippen LogP contribution in [0.5, 0.6) is 5.75 Å². The average Bonchev–Trinajstić information content (AvgIpc) is 2.69. The second kappa shape index (κ2) is 8.65. The molecule has 1 aromatic heterocycles. The number of aromatic nitrogens is 2. The van der Waals surface area contributed by atoms with Crippen LogP contribution in [-0.2, 0) is 6.42 Å². The Labute approximate surface area is 154 Å². The number of nitrogens with one attached hydrogen (secondary N) is 1. The number of ether oxygens (including phenoxy) is 1. The van der Waals surface area contributed by atoms with Crippen LogP contribution in [-0.4, -0.2) is 42.6 Å². The third kappa shape index (κ3) is 4.71. The molecule has 26 heavy (non-hydrogen) atoms. The van der Waals surface area contributed by atoms with Gasteiger partial charge < -0.3 is 15.0 Å². The van der Waals surface area contributed by atoms with Crippen molar-refractivity contribution in [2.24, 2.45) is 5.92 Å². The molecule has 138 valence electrons. The van der Waals surface area contributed by atoms with E-state index in [2.05, 4.69) is 27.1 Å². The van der Waals surface area contributed by atoms with Gasteiger partial charge in [0.1, 0.15) is 5.75 Å². The minimum atomic E-state index is -0.147. The minimum Gasteiger partial charge on any atom is -0.497 e. The molecule has 1 aliphatic heterocycles. The number of anilines is 1. The zero-order valence-corrected chi connectivity index (χ0v) is 15.4. The summed E-state index contributed by atoms with van der Waals surface area (Å²) in [6.45, 7) is 4.79. The van der Waals surface area contributed by atoms with Crippen LogP contribution in [0.15, 0.2) is 36.7 Å². The first-order valence-corrected chi connectivity index (χ1v) is 9.14. The van der Waals surface area contributed by atoms with Crippen molar-refractivity contribution >= 4 is 11.9 Å². The summed E-state index contributed by atoms with van der Waals surface area (Å²) in [4.78, 5) is 23.2. The molecule has 3 rings (SSSR count). The maximum Gasteiger partial charge on any atom is 0.254 e. The van der Waals surface area contributed by atoms with Gasteiger partial charge in [0.15, 0.2) is 0 Å². The molecule has 1 saturated heterocycles. The van der Waals surface area contributed by atoms with Gasteiger partial charge in [0.2, 0.25) is 5.95 Å². The highest BCUT2D eigenvalue weighted by Gasteiger charge is 2.18.